The number of nitrogens with one attached hydrogen (secondary N) is 1. The van der Waals surface area contributed by atoms with Crippen molar-refractivity contribution in [3.05, 3.63) is 248 Å². The van der Waals surface area contributed by atoms with E-state index in [2.05, 4.69) is 142 Å². The van der Waals surface area contributed by atoms with E-state index in [1.807, 2.05) is 103 Å². The van der Waals surface area contributed by atoms with Crippen LogP contribution in [0.5, 0.6) is 0 Å². The number of amides is 11. The number of benzene rings is 2. The number of hydrogen-bond donors (Lipinski definition) is 1. The maximum absolute atomic E-state index is 12.1. The molecule has 1 unspecified atom stereocenters. The SMILES string of the molecule is C=CC(=O)N(C)C(C)c1ccccc1.C=CC(=O)N(C)CCCCCCC.C=CC(=O)N(CC)C12CC3CC(CC(C3)C1)C2.C=CC(=O)N(CC)CC.C=CC(=O)N(CCCC)C1CCCCC1.C=CC(=O)N(CCCCCCC)Cc1ccccc1.C=CC(=O)N1CCCCC1.C=CC(=O)N1CCOCC1.C=CC(=O)NCCCCCCCCCCCCCCCCCC.C=CCN(C/C=C/CN(CC=C)C(=O)C=C)C(=O)C=C. The first-order chi connectivity index (χ1) is 72.5. The van der Waals surface area contributed by atoms with Crippen molar-refractivity contribution in [2.75, 3.05) is 125 Å². The minimum Gasteiger partial charge on any atom is -0.378 e. The summed E-state index contributed by atoms with van der Waals surface area (Å²) in [6.07, 6.45) is 76.5. The number of unbranched alkanes of at least 4 members (excludes halogenated alkanes) is 24. The third kappa shape index (κ3) is 65.9. The summed E-state index contributed by atoms with van der Waals surface area (Å²) in [5.74, 6) is 2.70. The van der Waals surface area contributed by atoms with Crippen molar-refractivity contribution in [1.82, 2.24) is 54.3 Å². The predicted molar refractivity (Wildman–Crippen MR) is 630 cm³/mol. The van der Waals surface area contributed by atoms with Crippen LogP contribution in [-0.2, 0) is 64.0 Å². The maximum Gasteiger partial charge on any atom is 0.246 e. The number of nitrogens with zero attached hydrogens (tertiary/aromatic N) is 10. The molecule has 2 saturated heterocycles. The van der Waals surface area contributed by atoms with Gasteiger partial charge in [-0.2, -0.15) is 0 Å². The largest absolute Gasteiger partial charge is 0.378 e. The average Bonchev–Trinajstić information content (AvgIpc) is 0.734. The second-order valence-electron chi connectivity index (χ2n) is 39.5. The van der Waals surface area contributed by atoms with E-state index in [0.29, 0.717) is 65.1 Å². The number of likely N-dealkylation sites (tertiary alicyclic amines) is 1. The number of carbonyl (C=O) groups excluding carboxylic acids is 11. The van der Waals surface area contributed by atoms with Gasteiger partial charge in [-0.05, 0) is 220 Å². The molecular weight excluding hydrogens is 1870 g/mol. The first kappa shape index (κ1) is 141. The Labute approximate surface area is 912 Å². The Hall–Kier alpha value is -11.1. The monoisotopic (exact) mass is 2080 g/mol. The standard InChI is InChI=1S/C21H41NO.C17H25NO.C16H22N2O2.C15H23NO.C13H23NO.C12H15NO.C11H21NO.C8H13NO.C7H11NO2.C7H13NO/c1-3-5-6-7-8-9-10-11-12-13-14-15-16-17-18-19-20-22-21(23)4-2;1-3-5-6-7-11-14-18(17(19)4-2)15-16-12-9-8-10-13-16;1-5-11-17(15(19)7-3)13-9-10-14-18(12-6-2)16(20)8-4;1-3-14(17)16(4-2)15-8-11-5-12(9-15)7-13(6-11)10-15;1-3-5-11-14(13(15)4-2)12-9-7-6-8-10-12;1-4-12(14)13(3)10(2)11-8-6-5-7-9-11;1-4-6-7-8-9-10-12(3)11(13)5-2;1-2-8(10)9-6-4-3-5-7-9;1-2-7(9)8-3-5-10-6-4-8;1-4-7(9)8(5-2)6-3/h4H,2-3,5-20H2,1H3,(H,22,23);4,8-10,12-13H,2-3,5-7,11,14-15H2,1H3;5-10H,1-4,11-14H2;3,11-13H,1,4-10H2,2H3;4,12H,2-3,5-11H2,1H3;4-10H,1H2,2-3H3;5H,2,4,6-10H2,1,3H3;2H,1,3-7H2;2H,1,3-6H2;4H,1,5-6H2,2-3H3/b;;10-9+;;;;;;;. The van der Waals surface area contributed by atoms with Gasteiger partial charge in [0.25, 0.3) is 0 Å². The van der Waals surface area contributed by atoms with E-state index < -0.39 is 0 Å². The van der Waals surface area contributed by atoms with Crippen LogP contribution in [-0.4, -0.2) is 251 Å². The molecule has 7 aliphatic rings. The van der Waals surface area contributed by atoms with Crippen molar-refractivity contribution in [1.29, 1.82) is 0 Å². The van der Waals surface area contributed by atoms with E-state index >= 15 is 0 Å². The van der Waals surface area contributed by atoms with Crippen molar-refractivity contribution in [3.63, 3.8) is 0 Å². The summed E-state index contributed by atoms with van der Waals surface area (Å²) in [6, 6.07) is 20.6. The number of morpholine rings is 1. The Morgan fingerprint density at radius 1 is 0.373 bits per heavy atom. The Morgan fingerprint density at radius 3 is 1.13 bits per heavy atom. The zero-order valence-electron chi connectivity index (χ0n) is 95.8. The van der Waals surface area contributed by atoms with E-state index in [0.717, 1.165) is 127 Å². The van der Waals surface area contributed by atoms with Gasteiger partial charge < -0.3 is 59.1 Å². The molecule has 9 rings (SSSR count). The molecule has 5 aliphatic carbocycles. The molecule has 1 atom stereocenters. The van der Waals surface area contributed by atoms with E-state index in [4.69, 9.17) is 4.74 Å². The summed E-state index contributed by atoms with van der Waals surface area (Å²) in [6.45, 7) is 75.2. The lowest BCUT2D eigenvalue weighted by molar-refractivity contribution is -0.145. The zero-order valence-corrected chi connectivity index (χ0v) is 95.8. The van der Waals surface area contributed by atoms with Gasteiger partial charge in [0.05, 0.1) is 19.3 Å². The molecular formula is C127H207N11O12. The number of likely N-dealkylation sites (N-methyl/N-ethyl adjacent to an activating group) is 4. The van der Waals surface area contributed by atoms with Gasteiger partial charge in [0.2, 0.25) is 65.0 Å². The number of rotatable bonds is 60. The molecule has 2 aromatic rings. The molecule has 7 fully saturated rings. The normalized spacial score (nSPS) is 15.7. The average molecular weight is 2080 g/mol. The summed E-state index contributed by atoms with van der Waals surface area (Å²) >= 11 is 0. The Morgan fingerprint density at radius 2 is 0.747 bits per heavy atom. The predicted octanol–water partition coefficient (Wildman–Crippen LogP) is 26.0. The van der Waals surface area contributed by atoms with Crippen LogP contribution in [0.1, 0.15) is 342 Å². The molecule has 2 aliphatic heterocycles. The summed E-state index contributed by atoms with van der Waals surface area (Å²) < 4.78 is 5.07. The highest BCUT2D eigenvalue weighted by atomic mass is 16.5. The van der Waals surface area contributed by atoms with Crippen LogP contribution in [0.25, 0.3) is 0 Å². The van der Waals surface area contributed by atoms with Crippen molar-refractivity contribution in [2.45, 2.75) is 349 Å². The lowest BCUT2D eigenvalue weighted by Gasteiger charge is -2.60. The number of ether oxygens (including phenoxy) is 1. The van der Waals surface area contributed by atoms with Gasteiger partial charge in [-0.1, -0.05) is 358 Å². The van der Waals surface area contributed by atoms with Crippen LogP contribution in [0, 0.1) is 17.8 Å². The molecule has 0 radical (unpaired) electrons. The molecule has 2 heterocycles. The molecule has 1 N–H and O–H groups in total. The van der Waals surface area contributed by atoms with Crippen LogP contribution >= 0.6 is 0 Å². The van der Waals surface area contributed by atoms with Crippen LogP contribution < -0.4 is 5.32 Å². The van der Waals surface area contributed by atoms with Crippen molar-refractivity contribution < 1.29 is 57.5 Å². The zero-order chi connectivity index (χ0) is 112. The molecule has 11 amide bonds. The van der Waals surface area contributed by atoms with Gasteiger partial charge >= 0.3 is 0 Å². The highest BCUT2D eigenvalue weighted by molar-refractivity contribution is 5.91. The lowest BCUT2D eigenvalue weighted by atomic mass is 9.52. The van der Waals surface area contributed by atoms with Gasteiger partial charge in [0.15, 0.2) is 0 Å². The molecule has 0 spiro atoms. The van der Waals surface area contributed by atoms with Crippen LogP contribution in [0.3, 0.4) is 0 Å². The van der Waals surface area contributed by atoms with Crippen LogP contribution in [0.15, 0.2) is 237 Å². The molecule has 4 bridgehead atoms. The molecule has 23 heteroatoms. The van der Waals surface area contributed by atoms with E-state index in [1.165, 1.54) is 297 Å². The quantitative estimate of drug-likeness (QED) is 0.0369. The summed E-state index contributed by atoms with van der Waals surface area (Å²) in [7, 11) is 3.60. The Kier molecular flexibility index (Phi) is 88.3. The third-order valence-corrected chi connectivity index (χ3v) is 27.9. The molecule has 2 aromatic carbocycles. The highest BCUT2D eigenvalue weighted by Gasteiger charge is 2.54. The van der Waals surface area contributed by atoms with Crippen LogP contribution in [0.2, 0.25) is 0 Å². The van der Waals surface area contributed by atoms with E-state index in [9.17, 15) is 52.7 Å². The van der Waals surface area contributed by atoms with Crippen molar-refractivity contribution in [3.8, 4) is 0 Å². The molecule has 5 saturated carbocycles. The van der Waals surface area contributed by atoms with Crippen molar-refractivity contribution in [2.24, 2.45) is 17.8 Å². The van der Waals surface area contributed by atoms with Crippen LogP contribution in [0.4, 0.5) is 0 Å². The smallest absolute Gasteiger partial charge is 0.246 e. The fourth-order valence-corrected chi connectivity index (χ4v) is 19.4. The topological polar surface area (TPSA) is 241 Å². The van der Waals surface area contributed by atoms with Crippen molar-refractivity contribution >= 4 is 65.0 Å². The summed E-state index contributed by atoms with van der Waals surface area (Å²) in [5.41, 5.74) is 2.51. The molecule has 842 valence electrons. The van der Waals surface area contributed by atoms with Gasteiger partial charge in [-0.3, -0.25) is 52.7 Å². The molecule has 0 aromatic heterocycles. The first-order valence-corrected chi connectivity index (χ1v) is 57.0. The number of piperidine rings is 1. The fourth-order valence-electron chi connectivity index (χ4n) is 19.4. The third-order valence-electron chi connectivity index (χ3n) is 27.9. The Balaban J connectivity index is 0. The van der Waals surface area contributed by atoms with Gasteiger partial charge in [0.1, 0.15) is 0 Å². The first-order valence-electron chi connectivity index (χ1n) is 57.0. The van der Waals surface area contributed by atoms with E-state index in [1.54, 1.807) is 48.6 Å². The minimum absolute atomic E-state index is 0.00306. The van der Waals surface area contributed by atoms with Gasteiger partial charge in [0, 0.05) is 130 Å². The lowest BCUT2D eigenvalue weighted by Crippen LogP contribution is -2.61. The summed E-state index contributed by atoms with van der Waals surface area (Å²) in [5, 5.41) is 2.82. The second-order valence-corrected chi connectivity index (χ2v) is 39.5. The minimum atomic E-state index is -0.153. The highest BCUT2D eigenvalue weighted by Crippen LogP contribution is 2.58. The summed E-state index contributed by atoms with van der Waals surface area (Å²) in [4.78, 5) is 143. The second kappa shape index (κ2) is 93.9. The van der Waals surface area contributed by atoms with E-state index in [-0.39, 0.29) is 76.6 Å². The molecule has 150 heavy (non-hydrogen) atoms. The number of hydrogen-bond acceptors (Lipinski definition) is 12. The Bertz CT molecular complexity index is 4030. The van der Waals surface area contributed by atoms with Gasteiger partial charge in [-0.15, -0.1) is 13.2 Å². The van der Waals surface area contributed by atoms with Gasteiger partial charge in [-0.25, -0.2) is 0 Å². The number of carbonyl (C=O) groups is 11. The molecule has 23 nitrogen and oxygen atoms in total. The maximum atomic E-state index is 12.1. The fraction of sp³-hybridized carbons (Fsp3) is 0.598.